The number of Topliss-reactive ketones (excluding diaryl/α,β-unsaturated/α-hetero) is 1. The number of hydrogen-bond acceptors (Lipinski definition) is 2. The summed E-state index contributed by atoms with van der Waals surface area (Å²) >= 11 is 0. The zero-order valence-corrected chi connectivity index (χ0v) is 5.72. The molecule has 1 saturated heterocycles. The summed E-state index contributed by atoms with van der Waals surface area (Å²) in [5.41, 5.74) is 0. The normalized spacial score (nSPS) is 27.2. The molecule has 1 fully saturated rings. The Hall–Kier alpha value is -0.370. The minimum Gasteiger partial charge on any atom is -0.370 e. The van der Waals surface area contributed by atoms with Crippen molar-refractivity contribution < 1.29 is 9.53 Å². The molecule has 0 amide bonds. The average Bonchev–Trinajstić information content (AvgIpc) is 2.17. The summed E-state index contributed by atoms with van der Waals surface area (Å²) in [4.78, 5) is 10.6. The van der Waals surface area contributed by atoms with Crippen LogP contribution in [0.4, 0.5) is 0 Å². The van der Waals surface area contributed by atoms with Crippen LogP contribution < -0.4 is 0 Å². The van der Waals surface area contributed by atoms with Gasteiger partial charge in [-0.15, -0.1) is 0 Å². The molecule has 0 saturated carbocycles. The van der Waals surface area contributed by atoms with E-state index in [1.165, 1.54) is 0 Å². The van der Waals surface area contributed by atoms with Gasteiger partial charge in [0.1, 0.15) is 6.61 Å². The molecule has 0 aromatic carbocycles. The first-order valence-corrected chi connectivity index (χ1v) is 3.46. The third-order valence-corrected chi connectivity index (χ3v) is 1.55. The molecule has 1 heterocycles. The van der Waals surface area contributed by atoms with Gasteiger partial charge in [-0.1, -0.05) is 13.3 Å². The third-order valence-electron chi connectivity index (χ3n) is 1.55. The van der Waals surface area contributed by atoms with Crippen molar-refractivity contribution in [1.29, 1.82) is 0 Å². The highest BCUT2D eigenvalue weighted by Crippen LogP contribution is 2.13. The first kappa shape index (κ1) is 6.75. The Bertz CT molecular complexity index is 109. The molecule has 2 nitrogen and oxygen atoms in total. The molecule has 1 rings (SSSR count). The van der Waals surface area contributed by atoms with Crippen LogP contribution in [0.25, 0.3) is 0 Å². The lowest BCUT2D eigenvalue weighted by molar-refractivity contribution is -0.117. The minimum absolute atomic E-state index is 0.238. The summed E-state index contributed by atoms with van der Waals surface area (Å²) < 4.78 is 5.16. The van der Waals surface area contributed by atoms with Crippen molar-refractivity contribution in [3.05, 3.63) is 0 Å². The molecule has 0 N–H and O–H groups in total. The second-order valence-electron chi connectivity index (χ2n) is 2.46. The van der Waals surface area contributed by atoms with E-state index in [1.54, 1.807) is 0 Å². The highest BCUT2D eigenvalue weighted by molar-refractivity contribution is 5.81. The third kappa shape index (κ3) is 1.79. The van der Waals surface area contributed by atoms with Gasteiger partial charge in [-0.3, -0.25) is 4.79 Å². The molecule has 0 aliphatic carbocycles. The zero-order chi connectivity index (χ0) is 6.69. The molecule has 0 spiro atoms. The summed E-state index contributed by atoms with van der Waals surface area (Å²) in [5.74, 6) is 0.258. The Morgan fingerprint density at radius 2 is 2.56 bits per heavy atom. The van der Waals surface area contributed by atoms with E-state index in [-0.39, 0.29) is 11.9 Å². The van der Waals surface area contributed by atoms with Crippen LogP contribution in [0.15, 0.2) is 0 Å². The largest absolute Gasteiger partial charge is 0.370 e. The second kappa shape index (κ2) is 2.97. The molecule has 0 aromatic heterocycles. The lowest BCUT2D eigenvalue weighted by atomic mass is 10.1. The van der Waals surface area contributed by atoms with E-state index in [4.69, 9.17) is 4.74 Å². The van der Waals surface area contributed by atoms with Crippen molar-refractivity contribution in [3.8, 4) is 0 Å². The molecule has 0 radical (unpaired) electrons. The molecular formula is C7H12O2. The lowest BCUT2D eigenvalue weighted by Gasteiger charge is -2.03. The van der Waals surface area contributed by atoms with Crippen LogP contribution in [0.3, 0.4) is 0 Å². The number of hydrogen-bond donors (Lipinski definition) is 0. The van der Waals surface area contributed by atoms with Crippen LogP contribution in [0.1, 0.15) is 26.2 Å². The molecule has 1 aliphatic heterocycles. The van der Waals surface area contributed by atoms with E-state index in [9.17, 15) is 4.79 Å². The van der Waals surface area contributed by atoms with Gasteiger partial charge in [-0.25, -0.2) is 0 Å². The predicted octanol–water partition coefficient (Wildman–Crippen LogP) is 1.14. The molecule has 1 atom stereocenters. The highest BCUT2D eigenvalue weighted by Gasteiger charge is 2.21. The van der Waals surface area contributed by atoms with Crippen LogP contribution in [0.5, 0.6) is 0 Å². The van der Waals surface area contributed by atoms with Crippen LogP contribution in [0, 0.1) is 0 Å². The molecule has 1 aliphatic rings. The van der Waals surface area contributed by atoms with Crippen LogP contribution >= 0.6 is 0 Å². The fraction of sp³-hybridized carbons (Fsp3) is 0.857. The maximum absolute atomic E-state index is 10.6. The van der Waals surface area contributed by atoms with Crippen molar-refractivity contribution >= 4 is 5.78 Å². The maximum atomic E-state index is 10.6. The van der Waals surface area contributed by atoms with E-state index in [1.807, 2.05) is 0 Å². The molecule has 9 heavy (non-hydrogen) atoms. The van der Waals surface area contributed by atoms with Gasteiger partial charge < -0.3 is 4.74 Å². The molecule has 0 aromatic rings. The molecule has 0 bridgehead atoms. The Morgan fingerprint density at radius 1 is 1.78 bits per heavy atom. The summed E-state index contributed by atoms with van der Waals surface area (Å²) in [6, 6.07) is 0. The first-order chi connectivity index (χ1) is 4.33. The topological polar surface area (TPSA) is 26.3 Å². The van der Waals surface area contributed by atoms with E-state index in [2.05, 4.69) is 6.92 Å². The van der Waals surface area contributed by atoms with Crippen molar-refractivity contribution in [1.82, 2.24) is 0 Å². The SMILES string of the molecule is CCCC1CC(=O)CO1. The maximum Gasteiger partial charge on any atom is 0.161 e. The Kier molecular flexibility index (Phi) is 2.22. The van der Waals surface area contributed by atoms with Crippen LogP contribution in [0.2, 0.25) is 0 Å². The monoisotopic (exact) mass is 128 g/mol. The van der Waals surface area contributed by atoms with Gasteiger partial charge in [0.05, 0.1) is 6.10 Å². The highest BCUT2D eigenvalue weighted by atomic mass is 16.5. The fourth-order valence-electron chi connectivity index (χ4n) is 1.09. The van der Waals surface area contributed by atoms with Gasteiger partial charge >= 0.3 is 0 Å². The molecule has 2 heteroatoms. The fourth-order valence-corrected chi connectivity index (χ4v) is 1.09. The summed E-state index contributed by atoms with van der Waals surface area (Å²) in [7, 11) is 0. The quantitative estimate of drug-likeness (QED) is 0.557. The van der Waals surface area contributed by atoms with Gasteiger partial charge in [0.15, 0.2) is 5.78 Å². The van der Waals surface area contributed by atoms with Crippen LogP contribution in [-0.4, -0.2) is 18.5 Å². The van der Waals surface area contributed by atoms with E-state index in [0.29, 0.717) is 13.0 Å². The second-order valence-corrected chi connectivity index (χ2v) is 2.46. The smallest absolute Gasteiger partial charge is 0.161 e. The van der Waals surface area contributed by atoms with E-state index in [0.717, 1.165) is 12.8 Å². The Morgan fingerprint density at radius 3 is 3.00 bits per heavy atom. The Balaban J connectivity index is 2.22. The first-order valence-electron chi connectivity index (χ1n) is 3.46. The van der Waals surface area contributed by atoms with Gasteiger partial charge in [0.2, 0.25) is 0 Å². The van der Waals surface area contributed by atoms with Crippen molar-refractivity contribution in [2.75, 3.05) is 6.61 Å². The number of carbonyl (C=O) groups is 1. The number of rotatable bonds is 2. The number of ketones is 1. The summed E-state index contributed by atoms with van der Waals surface area (Å²) in [5, 5.41) is 0. The zero-order valence-electron chi connectivity index (χ0n) is 5.72. The lowest BCUT2D eigenvalue weighted by Crippen LogP contribution is -2.03. The predicted molar refractivity (Wildman–Crippen MR) is 34.3 cm³/mol. The van der Waals surface area contributed by atoms with Crippen LogP contribution in [-0.2, 0) is 9.53 Å². The van der Waals surface area contributed by atoms with Gasteiger partial charge in [0, 0.05) is 6.42 Å². The number of carbonyl (C=O) groups excluding carboxylic acids is 1. The van der Waals surface area contributed by atoms with E-state index < -0.39 is 0 Å². The summed E-state index contributed by atoms with van der Waals surface area (Å²) in [6.45, 7) is 2.46. The number of ether oxygens (including phenoxy) is 1. The summed E-state index contributed by atoms with van der Waals surface area (Å²) in [6.07, 6.45) is 3.03. The van der Waals surface area contributed by atoms with Gasteiger partial charge in [0.25, 0.3) is 0 Å². The minimum atomic E-state index is 0.238. The molecule has 52 valence electrons. The van der Waals surface area contributed by atoms with Gasteiger partial charge in [-0.05, 0) is 6.42 Å². The molecular weight excluding hydrogens is 116 g/mol. The van der Waals surface area contributed by atoms with Gasteiger partial charge in [-0.2, -0.15) is 0 Å². The van der Waals surface area contributed by atoms with Crippen molar-refractivity contribution in [3.63, 3.8) is 0 Å². The van der Waals surface area contributed by atoms with Crippen molar-refractivity contribution in [2.45, 2.75) is 32.3 Å². The average molecular weight is 128 g/mol. The van der Waals surface area contributed by atoms with Crippen molar-refractivity contribution in [2.24, 2.45) is 0 Å². The Labute approximate surface area is 55.2 Å². The van der Waals surface area contributed by atoms with E-state index >= 15 is 0 Å². The molecule has 1 unspecified atom stereocenters. The standard InChI is InChI=1S/C7H12O2/c1-2-3-7-4-6(8)5-9-7/h7H,2-5H2,1H3.